The summed E-state index contributed by atoms with van der Waals surface area (Å²) in [4.78, 5) is 29.7. The van der Waals surface area contributed by atoms with E-state index in [1.807, 2.05) is 36.6 Å². The Morgan fingerprint density at radius 3 is 2.77 bits per heavy atom. The maximum atomic E-state index is 12.4. The number of hydrogen-bond donors (Lipinski definition) is 2. The van der Waals surface area contributed by atoms with Crippen LogP contribution in [0.25, 0.3) is 0 Å². The second-order valence-electron chi connectivity index (χ2n) is 6.44. The van der Waals surface area contributed by atoms with Gasteiger partial charge in [0.05, 0.1) is 5.25 Å². The molecule has 2 amide bonds. The highest BCUT2D eigenvalue weighted by molar-refractivity contribution is 8.00. The first kappa shape index (κ1) is 18.9. The van der Waals surface area contributed by atoms with Crippen LogP contribution in [-0.4, -0.2) is 22.0 Å². The van der Waals surface area contributed by atoms with Crippen LogP contribution < -0.4 is 10.6 Å². The minimum Gasteiger partial charge on any atom is -0.326 e. The topological polar surface area (TPSA) is 71.1 Å². The van der Waals surface area contributed by atoms with Crippen LogP contribution in [0.2, 0.25) is 0 Å². The van der Waals surface area contributed by atoms with Crippen LogP contribution in [0, 0.1) is 5.92 Å². The summed E-state index contributed by atoms with van der Waals surface area (Å²) in [5.41, 5.74) is 0.790. The standard InChI is InChI=1S/C19H23N3O2S2/c1-13(17(23)22-19-20-10-11-25-19)26-16-9-5-8-15(12-16)21-18(24)14-6-3-2-4-7-14/h5,8-14H,2-4,6-7H2,1H3,(H,21,24)(H,20,22,23). The summed E-state index contributed by atoms with van der Waals surface area (Å²) in [5.74, 6) is 0.158. The van der Waals surface area contributed by atoms with Crippen LogP contribution in [0.15, 0.2) is 40.7 Å². The van der Waals surface area contributed by atoms with Gasteiger partial charge < -0.3 is 10.6 Å². The van der Waals surface area contributed by atoms with Crippen molar-refractivity contribution in [3.8, 4) is 0 Å². The number of carbonyl (C=O) groups excluding carboxylic acids is 2. The monoisotopic (exact) mass is 389 g/mol. The van der Waals surface area contributed by atoms with E-state index in [0.717, 1.165) is 36.3 Å². The number of carbonyl (C=O) groups is 2. The third-order valence-corrected chi connectivity index (χ3v) is 6.20. The molecule has 1 saturated carbocycles. The minimum absolute atomic E-state index is 0.0819. The molecule has 0 aliphatic heterocycles. The van der Waals surface area contributed by atoms with Crippen molar-refractivity contribution in [2.45, 2.75) is 49.2 Å². The number of thiazole rings is 1. The number of rotatable bonds is 6. The van der Waals surface area contributed by atoms with Crippen molar-refractivity contribution >= 4 is 45.7 Å². The fraction of sp³-hybridized carbons (Fsp3) is 0.421. The lowest BCUT2D eigenvalue weighted by molar-refractivity contribution is -0.120. The summed E-state index contributed by atoms with van der Waals surface area (Å²) in [6, 6.07) is 7.68. The van der Waals surface area contributed by atoms with Crippen molar-refractivity contribution in [3.05, 3.63) is 35.8 Å². The van der Waals surface area contributed by atoms with Crippen molar-refractivity contribution in [3.63, 3.8) is 0 Å². The first-order valence-electron chi connectivity index (χ1n) is 8.90. The molecule has 5 nitrogen and oxygen atoms in total. The Hall–Kier alpha value is -1.86. The molecule has 1 atom stereocenters. The van der Waals surface area contributed by atoms with E-state index in [9.17, 15) is 9.59 Å². The van der Waals surface area contributed by atoms with E-state index in [1.54, 1.807) is 6.20 Å². The molecule has 3 rings (SSSR count). The van der Waals surface area contributed by atoms with E-state index in [0.29, 0.717) is 5.13 Å². The second kappa shape index (κ2) is 9.19. The average Bonchev–Trinajstić information content (AvgIpc) is 3.15. The number of nitrogens with zero attached hydrogens (tertiary/aromatic N) is 1. The van der Waals surface area contributed by atoms with E-state index in [-0.39, 0.29) is 23.0 Å². The Morgan fingerprint density at radius 1 is 1.23 bits per heavy atom. The molecule has 0 radical (unpaired) electrons. The van der Waals surface area contributed by atoms with Gasteiger partial charge in [0, 0.05) is 28.1 Å². The average molecular weight is 390 g/mol. The molecule has 138 valence electrons. The number of anilines is 2. The summed E-state index contributed by atoms with van der Waals surface area (Å²) >= 11 is 2.86. The van der Waals surface area contributed by atoms with Gasteiger partial charge in [0.25, 0.3) is 0 Å². The van der Waals surface area contributed by atoms with Crippen LogP contribution in [0.3, 0.4) is 0 Å². The van der Waals surface area contributed by atoms with Gasteiger partial charge in [-0.05, 0) is 38.0 Å². The zero-order valence-corrected chi connectivity index (χ0v) is 16.4. The summed E-state index contributed by atoms with van der Waals surface area (Å²) in [6.07, 6.45) is 7.13. The molecule has 0 saturated heterocycles. The van der Waals surface area contributed by atoms with Gasteiger partial charge in [0.15, 0.2) is 5.13 Å². The van der Waals surface area contributed by atoms with Crippen LogP contribution >= 0.6 is 23.1 Å². The van der Waals surface area contributed by atoms with E-state index in [4.69, 9.17) is 0 Å². The molecule has 1 aliphatic rings. The van der Waals surface area contributed by atoms with Crippen LogP contribution in [-0.2, 0) is 9.59 Å². The molecular weight excluding hydrogens is 366 g/mol. The van der Waals surface area contributed by atoms with E-state index >= 15 is 0 Å². The lowest BCUT2D eigenvalue weighted by Crippen LogP contribution is -2.24. The molecule has 7 heteroatoms. The molecule has 2 aromatic rings. The largest absolute Gasteiger partial charge is 0.326 e. The first-order valence-corrected chi connectivity index (χ1v) is 10.7. The third kappa shape index (κ3) is 5.32. The highest BCUT2D eigenvalue weighted by Crippen LogP contribution is 2.28. The Morgan fingerprint density at radius 2 is 2.04 bits per heavy atom. The summed E-state index contributed by atoms with van der Waals surface area (Å²) in [7, 11) is 0. The van der Waals surface area contributed by atoms with Gasteiger partial charge in [0.1, 0.15) is 0 Å². The minimum atomic E-state index is -0.261. The number of benzene rings is 1. The zero-order chi connectivity index (χ0) is 18.4. The van der Waals surface area contributed by atoms with Crippen LogP contribution in [0.4, 0.5) is 10.8 Å². The predicted octanol–water partition coefficient (Wildman–Crippen LogP) is 4.78. The SMILES string of the molecule is CC(Sc1cccc(NC(=O)C2CCCCC2)c1)C(=O)Nc1nccs1. The molecule has 1 aliphatic carbocycles. The van der Waals surface area contributed by atoms with Gasteiger partial charge in [-0.1, -0.05) is 25.3 Å². The van der Waals surface area contributed by atoms with E-state index < -0.39 is 0 Å². The van der Waals surface area contributed by atoms with Gasteiger partial charge in [-0.2, -0.15) is 0 Å². The van der Waals surface area contributed by atoms with Crippen molar-refractivity contribution in [1.29, 1.82) is 0 Å². The third-order valence-electron chi connectivity index (χ3n) is 4.42. The molecular formula is C19H23N3O2S2. The Kier molecular flexibility index (Phi) is 6.68. The second-order valence-corrected chi connectivity index (χ2v) is 8.75. The first-order chi connectivity index (χ1) is 12.6. The Labute approximate surface area is 162 Å². The number of hydrogen-bond acceptors (Lipinski definition) is 5. The summed E-state index contributed by atoms with van der Waals surface area (Å²) in [6.45, 7) is 1.86. The summed E-state index contributed by atoms with van der Waals surface area (Å²) < 4.78 is 0. The Bertz CT molecular complexity index is 743. The van der Waals surface area contributed by atoms with Gasteiger partial charge in [-0.15, -0.1) is 23.1 Å². The highest BCUT2D eigenvalue weighted by atomic mass is 32.2. The molecule has 1 heterocycles. The number of nitrogens with one attached hydrogen (secondary N) is 2. The molecule has 26 heavy (non-hydrogen) atoms. The molecule has 1 aromatic heterocycles. The molecule has 0 bridgehead atoms. The van der Waals surface area contributed by atoms with Gasteiger partial charge in [-0.3, -0.25) is 9.59 Å². The fourth-order valence-corrected chi connectivity index (χ4v) is 4.46. The normalized spacial score (nSPS) is 16.0. The molecule has 1 fully saturated rings. The molecule has 1 aromatic carbocycles. The maximum absolute atomic E-state index is 12.4. The van der Waals surface area contributed by atoms with Crippen molar-refractivity contribution in [2.24, 2.45) is 5.92 Å². The lowest BCUT2D eigenvalue weighted by Gasteiger charge is -2.21. The molecule has 1 unspecified atom stereocenters. The van der Waals surface area contributed by atoms with E-state index in [1.165, 1.54) is 29.5 Å². The quantitative estimate of drug-likeness (QED) is 0.698. The highest BCUT2D eigenvalue weighted by Gasteiger charge is 2.21. The Balaban J connectivity index is 1.56. The lowest BCUT2D eigenvalue weighted by atomic mass is 9.88. The van der Waals surface area contributed by atoms with Gasteiger partial charge >= 0.3 is 0 Å². The number of thioether (sulfide) groups is 1. The van der Waals surface area contributed by atoms with Gasteiger partial charge in [0.2, 0.25) is 11.8 Å². The number of amides is 2. The van der Waals surface area contributed by atoms with Crippen molar-refractivity contribution in [2.75, 3.05) is 10.6 Å². The van der Waals surface area contributed by atoms with Gasteiger partial charge in [-0.25, -0.2) is 4.98 Å². The summed E-state index contributed by atoms with van der Waals surface area (Å²) in [5, 5.41) is 8.01. The smallest absolute Gasteiger partial charge is 0.239 e. The van der Waals surface area contributed by atoms with E-state index in [2.05, 4.69) is 15.6 Å². The zero-order valence-electron chi connectivity index (χ0n) is 14.7. The molecule has 2 N–H and O–H groups in total. The maximum Gasteiger partial charge on any atom is 0.239 e. The number of aromatic nitrogens is 1. The van der Waals surface area contributed by atoms with Crippen molar-refractivity contribution < 1.29 is 9.59 Å². The molecule has 0 spiro atoms. The van der Waals surface area contributed by atoms with Crippen LogP contribution in [0.1, 0.15) is 39.0 Å². The van der Waals surface area contributed by atoms with Crippen molar-refractivity contribution in [1.82, 2.24) is 4.98 Å². The van der Waals surface area contributed by atoms with Crippen LogP contribution in [0.5, 0.6) is 0 Å². The fourth-order valence-electron chi connectivity index (χ4n) is 3.01. The predicted molar refractivity (Wildman–Crippen MR) is 108 cm³/mol.